The maximum Gasteiger partial charge on any atom is 0.547 e. The van der Waals surface area contributed by atoms with Gasteiger partial charge in [-0.3, -0.25) is 9.59 Å². The molecule has 0 bridgehead atoms. The summed E-state index contributed by atoms with van der Waals surface area (Å²) in [5.74, 6) is -11.1. The monoisotopic (exact) mass is 779 g/mol. The molecule has 3 aromatic carbocycles. The van der Waals surface area contributed by atoms with E-state index < -0.39 is 123 Å². The molecule has 6 amide bonds. The molecule has 22 heteroatoms. The minimum absolute atomic E-state index is 0.0499. The number of phenols is 2. The number of amides is 6. The predicted molar refractivity (Wildman–Crippen MR) is 180 cm³/mol. The lowest BCUT2D eigenvalue weighted by molar-refractivity contribution is -0.123. The van der Waals surface area contributed by atoms with Crippen molar-refractivity contribution in [1.82, 2.24) is 25.2 Å². The van der Waals surface area contributed by atoms with Gasteiger partial charge in [0, 0.05) is 17.7 Å². The molecule has 1 unspecified atom stereocenters. The fourth-order valence-electron chi connectivity index (χ4n) is 5.56. The van der Waals surface area contributed by atoms with Crippen LogP contribution in [0.1, 0.15) is 44.3 Å². The number of hydrogen-bond donors (Lipinski definition) is 7. The van der Waals surface area contributed by atoms with E-state index in [-0.39, 0.29) is 24.9 Å². The van der Waals surface area contributed by atoms with Crippen LogP contribution in [-0.4, -0.2) is 106 Å². The molecule has 0 radical (unpaired) electrons. The highest BCUT2D eigenvalue weighted by molar-refractivity contribution is 7.89. The van der Waals surface area contributed by atoms with Gasteiger partial charge in [-0.25, -0.2) is 40.8 Å². The standard InChI is InChI=1S/C31H29BClF2N5O12S/c33-22-17(14-19(35)24(41)25(22)42)23(28(44)37-20-13-16-7-8-18(34)21(29(45)46)26(16)52-32(20)49)38-30(47)39-10-11-40(31(39)48)53(50,51)12-4-9-36-27(43)15-5-2-1-3-6-15/h1-3,5-8,14,20,23,41-42,49H,4,9-13H2,(H,36,43)(H,37,44)(H,38,47)(H,45,46)/t20-,23?/m0/s1. The first kappa shape index (κ1) is 38.6. The van der Waals surface area contributed by atoms with E-state index in [1.807, 2.05) is 0 Å². The summed E-state index contributed by atoms with van der Waals surface area (Å²) in [5, 5.41) is 46.2. The van der Waals surface area contributed by atoms with Crippen LogP contribution in [0.25, 0.3) is 0 Å². The summed E-state index contributed by atoms with van der Waals surface area (Å²) < 4.78 is 60.4. The minimum atomic E-state index is -4.32. The van der Waals surface area contributed by atoms with Crippen LogP contribution in [-0.2, 0) is 21.2 Å². The molecule has 5 rings (SSSR count). The molecular weight excluding hydrogens is 751 g/mol. The number of carboxylic acids is 1. The van der Waals surface area contributed by atoms with Crippen molar-refractivity contribution in [1.29, 1.82) is 0 Å². The smallest absolute Gasteiger partial charge is 0.534 e. The summed E-state index contributed by atoms with van der Waals surface area (Å²) in [5.41, 5.74) is -1.13. The van der Waals surface area contributed by atoms with Crippen LogP contribution >= 0.6 is 11.6 Å². The van der Waals surface area contributed by atoms with Crippen LogP contribution in [0.2, 0.25) is 5.02 Å². The van der Waals surface area contributed by atoms with Crippen LogP contribution in [0, 0.1) is 11.6 Å². The first-order valence-electron chi connectivity index (χ1n) is 15.6. The van der Waals surface area contributed by atoms with Gasteiger partial charge in [0.2, 0.25) is 15.9 Å². The van der Waals surface area contributed by atoms with Crippen LogP contribution in [0.15, 0.2) is 48.5 Å². The van der Waals surface area contributed by atoms with Crippen molar-refractivity contribution < 1.29 is 66.2 Å². The second-order valence-corrected chi connectivity index (χ2v) is 14.1. The molecule has 280 valence electrons. The third-order valence-corrected chi connectivity index (χ3v) is 10.5. The lowest BCUT2D eigenvalue weighted by Gasteiger charge is -2.31. The molecule has 0 saturated carbocycles. The largest absolute Gasteiger partial charge is 0.547 e. The maximum atomic E-state index is 14.6. The van der Waals surface area contributed by atoms with E-state index in [2.05, 4.69) is 16.0 Å². The predicted octanol–water partition coefficient (Wildman–Crippen LogP) is 1.51. The molecule has 0 aliphatic carbocycles. The van der Waals surface area contributed by atoms with E-state index in [9.17, 15) is 61.5 Å². The summed E-state index contributed by atoms with van der Waals surface area (Å²) in [6.45, 7) is -1.04. The highest BCUT2D eigenvalue weighted by atomic mass is 35.5. The number of halogens is 3. The molecule has 53 heavy (non-hydrogen) atoms. The average molecular weight is 780 g/mol. The van der Waals surface area contributed by atoms with Crippen molar-refractivity contribution in [2.45, 2.75) is 24.8 Å². The summed E-state index contributed by atoms with van der Waals surface area (Å²) in [7, 11) is -6.31. The highest BCUT2D eigenvalue weighted by Crippen LogP contribution is 2.41. The molecule has 2 aliphatic rings. The summed E-state index contributed by atoms with van der Waals surface area (Å²) >= 11 is 6.11. The average Bonchev–Trinajstić information content (AvgIpc) is 3.52. The van der Waals surface area contributed by atoms with E-state index in [1.165, 1.54) is 0 Å². The number of hydrogen-bond acceptors (Lipinski definition) is 11. The van der Waals surface area contributed by atoms with Crippen molar-refractivity contribution in [2.75, 3.05) is 25.4 Å². The number of nitrogens with zero attached hydrogens (tertiary/aromatic N) is 2. The normalized spacial score (nSPS) is 16.0. The SMILES string of the molecule is O=C(NCCCS(=O)(=O)N1CCN(C(=O)NC(C(=O)N[C@H]2Cc3ccc(F)c(C(=O)O)c3OB2O)c2cc(F)c(O)c(O)c2Cl)C1=O)c1ccccc1. The molecule has 0 spiro atoms. The molecular formula is C31H29BClF2N5O12S. The number of nitrogens with one attached hydrogen (secondary N) is 3. The van der Waals surface area contributed by atoms with Gasteiger partial charge >= 0.3 is 25.1 Å². The zero-order chi connectivity index (χ0) is 38.8. The van der Waals surface area contributed by atoms with Gasteiger partial charge in [-0.15, -0.1) is 0 Å². The third-order valence-electron chi connectivity index (χ3n) is 8.24. The molecule has 7 N–H and O–H groups in total. The zero-order valence-electron chi connectivity index (χ0n) is 27.1. The fourth-order valence-corrected chi connectivity index (χ4v) is 7.24. The Morgan fingerprint density at radius 1 is 1.04 bits per heavy atom. The van der Waals surface area contributed by atoms with Gasteiger partial charge in [0.25, 0.3) is 5.91 Å². The van der Waals surface area contributed by atoms with Crippen LogP contribution in [0.5, 0.6) is 17.2 Å². The van der Waals surface area contributed by atoms with Gasteiger partial charge in [0.1, 0.15) is 23.2 Å². The number of carbonyl (C=O) groups excluding carboxylic acids is 4. The number of aromatic hydroxyl groups is 2. The van der Waals surface area contributed by atoms with Crippen LogP contribution in [0.3, 0.4) is 0 Å². The Balaban J connectivity index is 1.31. The highest BCUT2D eigenvalue weighted by Gasteiger charge is 2.43. The van der Waals surface area contributed by atoms with Gasteiger partial charge in [0.15, 0.2) is 17.3 Å². The Hall–Kier alpha value is -5.67. The molecule has 2 aliphatic heterocycles. The number of carbonyl (C=O) groups is 5. The number of imide groups is 1. The summed E-state index contributed by atoms with van der Waals surface area (Å²) in [4.78, 5) is 64.5. The molecule has 3 aromatic rings. The number of phenolic OH excluding ortho intramolecular Hbond substituents is 2. The third kappa shape index (κ3) is 8.05. The zero-order valence-corrected chi connectivity index (χ0v) is 28.7. The van der Waals surface area contributed by atoms with Crippen LogP contribution in [0.4, 0.5) is 18.4 Å². The Morgan fingerprint density at radius 2 is 1.74 bits per heavy atom. The van der Waals surface area contributed by atoms with Crippen molar-refractivity contribution in [3.05, 3.63) is 87.4 Å². The Bertz CT molecular complexity index is 2100. The Morgan fingerprint density at radius 3 is 2.42 bits per heavy atom. The number of carboxylic acid groups (broad SMARTS) is 1. The lowest BCUT2D eigenvalue weighted by Crippen LogP contribution is -2.56. The van der Waals surface area contributed by atoms with Crippen LogP contribution < -0.4 is 20.6 Å². The van der Waals surface area contributed by atoms with Crippen molar-refractivity contribution in [2.24, 2.45) is 0 Å². The molecule has 1 fully saturated rings. The van der Waals surface area contributed by atoms with E-state index in [4.69, 9.17) is 16.3 Å². The summed E-state index contributed by atoms with van der Waals surface area (Å²) in [6, 6.07) is 5.81. The molecule has 1 saturated heterocycles. The van der Waals surface area contributed by atoms with Gasteiger partial charge in [-0.2, -0.15) is 0 Å². The number of aromatic carboxylic acids is 1. The minimum Gasteiger partial charge on any atom is -0.534 e. The molecule has 17 nitrogen and oxygen atoms in total. The second kappa shape index (κ2) is 15.5. The second-order valence-electron chi connectivity index (χ2n) is 11.7. The van der Waals surface area contributed by atoms with Crippen molar-refractivity contribution >= 4 is 58.6 Å². The fraction of sp³-hybridized carbons (Fsp3) is 0.258. The quantitative estimate of drug-likeness (QED) is 0.0831. The lowest BCUT2D eigenvalue weighted by atomic mass is 9.72. The number of sulfonamides is 1. The van der Waals surface area contributed by atoms with Gasteiger partial charge in [-0.1, -0.05) is 35.9 Å². The number of urea groups is 2. The van der Waals surface area contributed by atoms with E-state index in [1.54, 1.807) is 30.3 Å². The Kier molecular flexibility index (Phi) is 11.3. The Labute approximate surface area is 304 Å². The van der Waals surface area contributed by atoms with Crippen molar-refractivity contribution in [3.63, 3.8) is 0 Å². The molecule has 2 atom stereocenters. The van der Waals surface area contributed by atoms with E-state index >= 15 is 0 Å². The first-order chi connectivity index (χ1) is 25.0. The molecule has 2 heterocycles. The maximum absolute atomic E-state index is 14.6. The van der Waals surface area contributed by atoms with E-state index in [0.29, 0.717) is 20.8 Å². The van der Waals surface area contributed by atoms with Gasteiger partial charge in [-0.05, 0) is 42.7 Å². The van der Waals surface area contributed by atoms with Gasteiger partial charge in [0.05, 0.1) is 29.8 Å². The van der Waals surface area contributed by atoms with E-state index in [0.717, 1.165) is 12.1 Å². The topological polar surface area (TPSA) is 252 Å². The first-order valence-corrected chi connectivity index (χ1v) is 17.6. The number of fused-ring (bicyclic) bond motifs is 1. The van der Waals surface area contributed by atoms with Gasteiger partial charge < -0.3 is 40.9 Å². The van der Waals surface area contributed by atoms with Crippen molar-refractivity contribution in [3.8, 4) is 17.2 Å². The molecule has 0 aromatic heterocycles. The number of benzene rings is 3. The number of rotatable bonds is 11. The summed E-state index contributed by atoms with van der Waals surface area (Å²) in [6.07, 6.45) is -0.443.